The highest BCUT2D eigenvalue weighted by atomic mass is 32.1. The maximum Gasteiger partial charge on any atom is 0.345 e. The first kappa shape index (κ1) is 16.9. The number of nitriles is 1. The van der Waals surface area contributed by atoms with E-state index in [1.165, 1.54) is 23.5 Å². The molecule has 4 aromatic rings. The van der Waals surface area contributed by atoms with Crippen molar-refractivity contribution in [3.63, 3.8) is 0 Å². The molecule has 6 heteroatoms. The number of hydrogen-bond acceptors (Lipinski definition) is 5. The molecule has 0 unspecified atom stereocenters. The molecule has 0 aliphatic rings. The zero-order valence-electron chi connectivity index (χ0n) is 13.8. The third-order valence-electron chi connectivity index (χ3n) is 3.98. The van der Waals surface area contributed by atoms with Gasteiger partial charge in [0, 0.05) is 16.3 Å². The molecule has 130 valence electrons. The van der Waals surface area contributed by atoms with E-state index < -0.39 is 11.4 Å². The van der Waals surface area contributed by atoms with Gasteiger partial charge in [-0.2, -0.15) is 5.26 Å². The Bertz CT molecular complexity index is 1280. The van der Waals surface area contributed by atoms with E-state index in [2.05, 4.69) is 4.98 Å². The fourth-order valence-corrected chi connectivity index (χ4v) is 3.44. The lowest BCUT2D eigenvalue weighted by atomic mass is 10.1. The van der Waals surface area contributed by atoms with Gasteiger partial charge in [-0.15, -0.1) is 11.3 Å². The van der Waals surface area contributed by atoms with Gasteiger partial charge in [0.15, 0.2) is 0 Å². The van der Waals surface area contributed by atoms with Gasteiger partial charge >= 0.3 is 5.63 Å². The molecule has 4 rings (SSSR count). The fraction of sp³-hybridized carbons (Fsp3) is 0. The monoisotopic (exact) mass is 374 g/mol. The number of benzene rings is 2. The summed E-state index contributed by atoms with van der Waals surface area (Å²) in [5.41, 5.74) is 1.27. The second-order valence-corrected chi connectivity index (χ2v) is 6.57. The number of hydrogen-bond donors (Lipinski definition) is 0. The van der Waals surface area contributed by atoms with E-state index in [4.69, 9.17) is 4.42 Å². The summed E-state index contributed by atoms with van der Waals surface area (Å²) >= 11 is 1.21. The van der Waals surface area contributed by atoms with Crippen LogP contribution in [0.3, 0.4) is 0 Å². The van der Waals surface area contributed by atoms with Gasteiger partial charge in [-0.3, -0.25) is 0 Å². The Morgan fingerprint density at radius 1 is 1.19 bits per heavy atom. The van der Waals surface area contributed by atoms with Crippen LogP contribution in [0.1, 0.15) is 10.6 Å². The van der Waals surface area contributed by atoms with Gasteiger partial charge in [-0.05, 0) is 24.3 Å². The van der Waals surface area contributed by atoms with Gasteiger partial charge in [0.05, 0.1) is 16.8 Å². The molecule has 4 nitrogen and oxygen atoms in total. The third-order valence-corrected chi connectivity index (χ3v) is 4.85. The Kier molecular flexibility index (Phi) is 4.37. The zero-order valence-corrected chi connectivity index (χ0v) is 14.7. The van der Waals surface area contributed by atoms with E-state index >= 15 is 0 Å². The summed E-state index contributed by atoms with van der Waals surface area (Å²) in [6.45, 7) is 0. The number of para-hydroxylation sites is 1. The van der Waals surface area contributed by atoms with Crippen molar-refractivity contribution in [1.82, 2.24) is 4.98 Å². The van der Waals surface area contributed by atoms with Crippen LogP contribution < -0.4 is 5.63 Å². The Balaban J connectivity index is 1.77. The highest BCUT2D eigenvalue weighted by Gasteiger charge is 2.14. The molecule has 0 radical (unpaired) electrons. The smallest absolute Gasteiger partial charge is 0.345 e. The van der Waals surface area contributed by atoms with Gasteiger partial charge in [-0.1, -0.05) is 36.4 Å². The van der Waals surface area contributed by atoms with Gasteiger partial charge < -0.3 is 4.42 Å². The molecule has 0 atom stereocenters. The van der Waals surface area contributed by atoms with Crippen molar-refractivity contribution in [2.24, 2.45) is 0 Å². The number of allylic oxidation sites excluding steroid dienone is 1. The molecule has 2 heterocycles. The third kappa shape index (κ3) is 3.28. The summed E-state index contributed by atoms with van der Waals surface area (Å²) in [6.07, 6.45) is 1.45. The van der Waals surface area contributed by atoms with E-state index in [9.17, 15) is 14.4 Å². The Labute approximate surface area is 157 Å². The summed E-state index contributed by atoms with van der Waals surface area (Å²) in [6, 6.07) is 17.1. The summed E-state index contributed by atoms with van der Waals surface area (Å²) in [7, 11) is 0. The molecule has 2 aromatic heterocycles. The lowest BCUT2D eigenvalue weighted by Gasteiger charge is -1.99. The normalized spacial score (nSPS) is 11.5. The fourth-order valence-electron chi connectivity index (χ4n) is 2.65. The molecule has 0 saturated heterocycles. The van der Waals surface area contributed by atoms with Crippen molar-refractivity contribution < 1.29 is 8.81 Å². The first-order valence-corrected chi connectivity index (χ1v) is 8.89. The van der Waals surface area contributed by atoms with E-state index in [0.717, 1.165) is 5.39 Å². The van der Waals surface area contributed by atoms with Crippen molar-refractivity contribution in [1.29, 1.82) is 5.26 Å². The minimum atomic E-state index is -0.498. The topological polar surface area (TPSA) is 66.9 Å². The van der Waals surface area contributed by atoms with Crippen LogP contribution in [0, 0.1) is 17.1 Å². The number of halogens is 1. The van der Waals surface area contributed by atoms with E-state index in [1.54, 1.807) is 41.8 Å². The lowest BCUT2D eigenvalue weighted by Crippen LogP contribution is -2.02. The minimum Gasteiger partial charge on any atom is -0.422 e. The maximum atomic E-state index is 13.8. The molecule has 0 fully saturated rings. The number of aromatic nitrogens is 1. The SMILES string of the molecule is N#CC(=Cc1ccccc1F)c1nc(-c2cc3ccccc3oc2=O)cs1. The van der Waals surface area contributed by atoms with Crippen molar-refractivity contribution in [3.05, 3.63) is 86.8 Å². The van der Waals surface area contributed by atoms with Crippen LogP contribution in [0.2, 0.25) is 0 Å². The summed E-state index contributed by atoms with van der Waals surface area (Å²) in [5.74, 6) is -0.419. The largest absolute Gasteiger partial charge is 0.422 e. The Morgan fingerprint density at radius 3 is 2.78 bits per heavy atom. The van der Waals surface area contributed by atoms with E-state index in [0.29, 0.717) is 27.4 Å². The van der Waals surface area contributed by atoms with Gasteiger partial charge in [0.25, 0.3) is 0 Å². The van der Waals surface area contributed by atoms with Crippen LogP contribution in [0.25, 0.3) is 33.9 Å². The van der Waals surface area contributed by atoms with Crippen LogP contribution in [0.4, 0.5) is 4.39 Å². The summed E-state index contributed by atoms with van der Waals surface area (Å²) in [5, 5.41) is 12.3. The van der Waals surface area contributed by atoms with Gasteiger partial charge in [0.1, 0.15) is 22.5 Å². The molecule has 0 spiro atoms. The first-order valence-electron chi connectivity index (χ1n) is 8.01. The van der Waals surface area contributed by atoms with Crippen molar-refractivity contribution in [2.75, 3.05) is 0 Å². The number of fused-ring (bicyclic) bond motifs is 1. The molecular weight excluding hydrogens is 363 g/mol. The summed E-state index contributed by atoms with van der Waals surface area (Å²) in [4.78, 5) is 16.7. The van der Waals surface area contributed by atoms with Crippen LogP contribution in [0.5, 0.6) is 0 Å². The molecule has 0 aliphatic heterocycles. The predicted molar refractivity (Wildman–Crippen MR) is 103 cm³/mol. The highest BCUT2D eigenvalue weighted by molar-refractivity contribution is 7.11. The van der Waals surface area contributed by atoms with E-state index in [-0.39, 0.29) is 5.57 Å². The average molecular weight is 374 g/mol. The standard InChI is InChI=1S/C21H11FN2O2S/c22-17-7-3-1-5-13(17)9-15(11-23)20-24-18(12-27-20)16-10-14-6-2-4-8-19(14)26-21(16)25/h1-10,12H. The lowest BCUT2D eigenvalue weighted by molar-refractivity contribution is 0.563. The molecule has 0 N–H and O–H groups in total. The second kappa shape index (κ2) is 6.98. The number of nitrogens with zero attached hydrogens (tertiary/aromatic N) is 2. The van der Waals surface area contributed by atoms with Crippen molar-refractivity contribution in [3.8, 4) is 17.3 Å². The first-order chi connectivity index (χ1) is 13.2. The average Bonchev–Trinajstić information content (AvgIpc) is 3.16. The Morgan fingerprint density at radius 2 is 1.96 bits per heavy atom. The molecule has 27 heavy (non-hydrogen) atoms. The van der Waals surface area contributed by atoms with Gasteiger partial charge in [0.2, 0.25) is 0 Å². The molecule has 0 amide bonds. The number of thiazole rings is 1. The molecule has 2 aromatic carbocycles. The molecule has 0 bridgehead atoms. The predicted octanol–water partition coefficient (Wildman–Crippen LogP) is 5.12. The minimum absolute atomic E-state index is 0.224. The van der Waals surface area contributed by atoms with Crippen LogP contribution in [-0.2, 0) is 0 Å². The Hall–Kier alpha value is -3.56. The van der Waals surface area contributed by atoms with Crippen molar-refractivity contribution >= 4 is 34.0 Å². The highest BCUT2D eigenvalue weighted by Crippen LogP contribution is 2.27. The second-order valence-electron chi connectivity index (χ2n) is 5.71. The van der Waals surface area contributed by atoms with E-state index in [1.807, 2.05) is 18.2 Å². The molecule has 0 saturated carbocycles. The van der Waals surface area contributed by atoms with Gasteiger partial charge in [-0.25, -0.2) is 14.2 Å². The maximum absolute atomic E-state index is 13.8. The van der Waals surface area contributed by atoms with Crippen LogP contribution >= 0.6 is 11.3 Å². The number of rotatable bonds is 3. The summed E-state index contributed by atoms with van der Waals surface area (Å²) < 4.78 is 19.2. The molecule has 0 aliphatic carbocycles. The quantitative estimate of drug-likeness (QED) is 0.369. The van der Waals surface area contributed by atoms with Crippen molar-refractivity contribution in [2.45, 2.75) is 0 Å². The van der Waals surface area contributed by atoms with Crippen LogP contribution in [0.15, 0.2) is 69.2 Å². The zero-order chi connectivity index (χ0) is 18.8. The molecular formula is C21H11FN2O2S. The van der Waals surface area contributed by atoms with Crippen LogP contribution in [-0.4, -0.2) is 4.98 Å².